The Balaban J connectivity index is 1.10. The van der Waals surface area contributed by atoms with Crippen molar-refractivity contribution in [2.45, 2.75) is 51.1 Å². The van der Waals surface area contributed by atoms with Crippen LogP contribution in [-0.4, -0.2) is 23.8 Å². The van der Waals surface area contributed by atoms with E-state index in [1.165, 1.54) is 5.56 Å². The number of nitrogens with one attached hydrogen (secondary N) is 2. The molecule has 0 spiro atoms. The summed E-state index contributed by atoms with van der Waals surface area (Å²) in [5.41, 5.74) is 9.18. The van der Waals surface area contributed by atoms with Gasteiger partial charge in [0.25, 0.3) is 11.8 Å². The molecule has 0 fully saturated rings. The number of carbonyl (C=O) groups excluding carboxylic acids is 4. The maximum absolute atomic E-state index is 14.0. The minimum atomic E-state index is -0.833. The summed E-state index contributed by atoms with van der Waals surface area (Å²) < 4.78 is 6.19. The maximum Gasteiger partial charge on any atom is 0.315 e. The quantitative estimate of drug-likeness (QED) is 0.0887. The molecule has 2 unspecified atom stereocenters. The summed E-state index contributed by atoms with van der Waals surface area (Å²) in [6, 6.07) is 55.8. The fourth-order valence-corrected chi connectivity index (χ4v) is 7.64. The highest BCUT2D eigenvalue weighted by Gasteiger charge is 2.26. The third kappa shape index (κ3) is 11.3. The predicted octanol–water partition coefficient (Wildman–Crippen LogP) is 12.2. The van der Waals surface area contributed by atoms with E-state index in [0.29, 0.717) is 22.3 Å². The van der Waals surface area contributed by atoms with Crippen molar-refractivity contribution in [3.63, 3.8) is 0 Å². The van der Waals surface area contributed by atoms with Crippen LogP contribution in [-0.2, 0) is 19.7 Å². The molecule has 0 heterocycles. The second-order valence-electron chi connectivity index (χ2n) is 16.2. The van der Waals surface area contributed by atoms with Crippen molar-refractivity contribution < 1.29 is 23.9 Å². The maximum atomic E-state index is 14.0. The smallest absolute Gasteiger partial charge is 0.315 e. The third-order valence-corrected chi connectivity index (χ3v) is 11.2. The average Bonchev–Trinajstić information content (AvgIpc) is 3.29. The number of ether oxygens (including phenoxy) is 1. The molecule has 0 aromatic heterocycles. The van der Waals surface area contributed by atoms with Crippen LogP contribution in [0.25, 0.3) is 33.4 Å². The first-order valence-electron chi connectivity index (χ1n) is 20.5. The van der Waals surface area contributed by atoms with E-state index in [9.17, 15) is 19.2 Å². The van der Waals surface area contributed by atoms with Crippen LogP contribution in [0, 0.1) is 0 Å². The molecular weight excluding hydrogens is 837 g/mol. The molecule has 7 aromatic carbocycles. The largest absolute Gasteiger partial charge is 0.393 e. The van der Waals surface area contributed by atoms with Gasteiger partial charge in [0, 0.05) is 15.6 Å². The van der Waals surface area contributed by atoms with Crippen molar-refractivity contribution in [3.05, 3.63) is 214 Å². The Bertz CT molecular complexity index is 2660. The Kier molecular flexibility index (Phi) is 13.7. The Labute approximate surface area is 371 Å². The van der Waals surface area contributed by atoms with Gasteiger partial charge < -0.3 is 15.4 Å². The van der Waals surface area contributed by atoms with E-state index in [1.54, 1.807) is 24.3 Å². The van der Waals surface area contributed by atoms with E-state index in [2.05, 4.69) is 71.6 Å². The molecule has 0 aliphatic carbocycles. The fourth-order valence-electron chi connectivity index (χ4n) is 7.24. The van der Waals surface area contributed by atoms with E-state index < -0.39 is 29.9 Å². The number of esters is 2. The van der Waals surface area contributed by atoms with Crippen LogP contribution < -0.4 is 10.6 Å². The summed E-state index contributed by atoms with van der Waals surface area (Å²) in [5, 5.41) is 6.01. The average molecular weight is 884 g/mol. The normalized spacial score (nSPS) is 12.1. The summed E-state index contributed by atoms with van der Waals surface area (Å²) in [6.45, 7) is 6.50. The molecule has 62 heavy (non-hydrogen) atoms. The van der Waals surface area contributed by atoms with Gasteiger partial charge in [-0.3, -0.25) is 19.2 Å². The monoisotopic (exact) mass is 882 g/mol. The zero-order valence-corrected chi connectivity index (χ0v) is 36.4. The molecule has 310 valence electrons. The van der Waals surface area contributed by atoms with Gasteiger partial charge in [-0.15, -0.1) is 0 Å². The molecular formula is C54H47BrN2O5. The number of hydrogen-bond acceptors (Lipinski definition) is 5. The van der Waals surface area contributed by atoms with Crippen LogP contribution in [0.5, 0.6) is 0 Å². The number of halogens is 1. The first kappa shape index (κ1) is 43.2. The second kappa shape index (κ2) is 19.7. The van der Waals surface area contributed by atoms with Crippen molar-refractivity contribution in [1.29, 1.82) is 0 Å². The fraction of sp³-hybridized carbons (Fsp3) is 0.148. The Morgan fingerprint density at radius 2 is 0.855 bits per heavy atom. The Hall–Kier alpha value is -6.90. The number of hydrogen-bond donors (Lipinski definition) is 2. The lowest BCUT2D eigenvalue weighted by molar-refractivity contribution is -0.160. The molecule has 0 radical (unpaired) electrons. The molecule has 0 aliphatic rings. The molecule has 0 saturated heterocycles. The van der Waals surface area contributed by atoms with E-state index >= 15 is 0 Å². The first-order chi connectivity index (χ1) is 29.9. The predicted molar refractivity (Wildman–Crippen MR) is 249 cm³/mol. The SMILES string of the molecule is CC(C)(C)c1ccc(-c2cccc(C(=O)NC(CC(=O)OC(=O)CC(NC(=O)c3cccc(Br)c3)c3ccc(-c4ccccc4)cc3)c3ccc(-c4ccccc4)cc3)c2)cc1. The molecule has 2 atom stereocenters. The Morgan fingerprint density at radius 3 is 1.31 bits per heavy atom. The van der Waals surface area contributed by atoms with Crippen LogP contribution in [0.3, 0.4) is 0 Å². The highest BCUT2D eigenvalue weighted by atomic mass is 79.9. The lowest BCUT2D eigenvalue weighted by Gasteiger charge is -2.21. The molecule has 7 aromatic rings. The summed E-state index contributed by atoms with van der Waals surface area (Å²) in [6.07, 6.45) is -0.639. The number of benzene rings is 7. The van der Waals surface area contributed by atoms with Crippen molar-refractivity contribution >= 4 is 39.7 Å². The van der Waals surface area contributed by atoms with Gasteiger partial charge in [0.05, 0.1) is 24.9 Å². The number of carbonyl (C=O) groups is 4. The third-order valence-electron chi connectivity index (χ3n) is 10.7. The van der Waals surface area contributed by atoms with Gasteiger partial charge in [-0.1, -0.05) is 188 Å². The molecule has 7 rings (SSSR count). The van der Waals surface area contributed by atoms with Crippen LogP contribution in [0.15, 0.2) is 186 Å². The van der Waals surface area contributed by atoms with Gasteiger partial charge in [-0.25, -0.2) is 0 Å². The van der Waals surface area contributed by atoms with Gasteiger partial charge in [0.2, 0.25) is 0 Å². The minimum absolute atomic E-state index is 0.00722. The highest BCUT2D eigenvalue weighted by molar-refractivity contribution is 9.10. The molecule has 8 heteroatoms. The minimum Gasteiger partial charge on any atom is -0.393 e. The summed E-state index contributed by atoms with van der Waals surface area (Å²) in [4.78, 5) is 54.8. The summed E-state index contributed by atoms with van der Waals surface area (Å²) in [7, 11) is 0. The van der Waals surface area contributed by atoms with Crippen LogP contribution in [0.1, 0.15) is 83.1 Å². The summed E-state index contributed by atoms with van der Waals surface area (Å²) >= 11 is 3.42. The summed E-state index contributed by atoms with van der Waals surface area (Å²) in [5.74, 6) is -2.42. The molecule has 2 N–H and O–H groups in total. The lowest BCUT2D eigenvalue weighted by atomic mass is 9.86. The van der Waals surface area contributed by atoms with Crippen LogP contribution >= 0.6 is 15.9 Å². The van der Waals surface area contributed by atoms with Crippen LogP contribution in [0.4, 0.5) is 0 Å². The molecule has 0 saturated carbocycles. The Morgan fingerprint density at radius 1 is 0.468 bits per heavy atom. The van der Waals surface area contributed by atoms with Crippen molar-refractivity contribution in [3.8, 4) is 33.4 Å². The van der Waals surface area contributed by atoms with Gasteiger partial charge in [-0.2, -0.15) is 0 Å². The van der Waals surface area contributed by atoms with E-state index in [-0.39, 0.29) is 24.2 Å². The highest BCUT2D eigenvalue weighted by Crippen LogP contribution is 2.29. The van der Waals surface area contributed by atoms with E-state index in [0.717, 1.165) is 37.9 Å². The van der Waals surface area contributed by atoms with E-state index in [4.69, 9.17) is 4.74 Å². The molecule has 0 bridgehead atoms. The van der Waals surface area contributed by atoms with E-state index in [1.807, 2.05) is 133 Å². The van der Waals surface area contributed by atoms with Gasteiger partial charge >= 0.3 is 11.9 Å². The van der Waals surface area contributed by atoms with Gasteiger partial charge in [-0.05, 0) is 85.8 Å². The molecule has 0 aliphatic heterocycles. The molecule has 2 amide bonds. The van der Waals surface area contributed by atoms with Gasteiger partial charge in [0.1, 0.15) is 0 Å². The molecule has 7 nitrogen and oxygen atoms in total. The lowest BCUT2D eigenvalue weighted by Crippen LogP contribution is -2.32. The number of amides is 2. The second-order valence-corrected chi connectivity index (χ2v) is 17.1. The number of rotatable bonds is 13. The van der Waals surface area contributed by atoms with Crippen molar-refractivity contribution in [1.82, 2.24) is 10.6 Å². The topological polar surface area (TPSA) is 102 Å². The van der Waals surface area contributed by atoms with Crippen molar-refractivity contribution in [2.24, 2.45) is 0 Å². The van der Waals surface area contributed by atoms with Crippen LogP contribution in [0.2, 0.25) is 0 Å². The first-order valence-corrected chi connectivity index (χ1v) is 21.3. The standard InChI is InChI=1S/C54H47BrN2O5/c1-54(2,3)46-30-28-40(29-31-46)43-16-10-17-44(32-43)52(60)56-48(41-24-20-38(21-25-41)36-12-6-4-7-13-36)34-50(58)62-51(59)35-49(57-53(61)45-18-11-19-47(55)33-45)42-26-22-39(23-27-42)37-14-8-5-9-15-37/h4-33,48-49H,34-35H2,1-3H3,(H,56,60)(H,57,61). The zero-order chi connectivity index (χ0) is 43.6. The van der Waals surface area contributed by atoms with Crippen molar-refractivity contribution in [2.75, 3.05) is 0 Å². The van der Waals surface area contributed by atoms with Gasteiger partial charge in [0.15, 0.2) is 0 Å². The zero-order valence-electron chi connectivity index (χ0n) is 34.8.